The van der Waals surface area contributed by atoms with Crippen molar-refractivity contribution in [3.63, 3.8) is 0 Å². The fourth-order valence-corrected chi connectivity index (χ4v) is 6.52. The van der Waals surface area contributed by atoms with Gasteiger partial charge < -0.3 is 4.74 Å². The van der Waals surface area contributed by atoms with Crippen LogP contribution in [0.4, 0.5) is 10.3 Å². The van der Waals surface area contributed by atoms with Crippen molar-refractivity contribution in [2.24, 2.45) is 0 Å². The largest absolute Gasteiger partial charge is 0.494 e. The van der Waals surface area contributed by atoms with E-state index in [2.05, 4.69) is 0 Å². The zero-order valence-electron chi connectivity index (χ0n) is 19.9. The number of benzene rings is 1. The summed E-state index contributed by atoms with van der Waals surface area (Å²) in [7, 11) is 1.58. The van der Waals surface area contributed by atoms with Crippen LogP contribution in [0.1, 0.15) is 41.5 Å². The van der Waals surface area contributed by atoms with Crippen LogP contribution in [-0.2, 0) is 9.59 Å². The van der Waals surface area contributed by atoms with Crippen LogP contribution < -0.4 is 14.8 Å². The smallest absolute Gasteiger partial charge is 0.240 e. The lowest BCUT2D eigenvalue weighted by molar-refractivity contribution is -0.120. The zero-order valence-corrected chi connectivity index (χ0v) is 22.3. The average molecular weight is 513 g/mol. The number of hydrogen-bond acceptors (Lipinski definition) is 9. The fourth-order valence-electron chi connectivity index (χ4n) is 3.73. The molecule has 33 heavy (non-hydrogen) atoms. The van der Waals surface area contributed by atoms with Crippen LogP contribution in [0, 0.1) is 0 Å². The molecule has 0 spiro atoms. The van der Waals surface area contributed by atoms with Crippen LogP contribution in [0.2, 0.25) is 5.02 Å². The highest BCUT2D eigenvalue weighted by atomic mass is 35.5. The number of methoxy groups -OCH3 is 1. The zero-order chi connectivity index (χ0) is 24.4. The van der Waals surface area contributed by atoms with Gasteiger partial charge in [0.2, 0.25) is 22.1 Å². The summed E-state index contributed by atoms with van der Waals surface area (Å²) in [5.41, 5.74) is 1.04. The Morgan fingerprint density at radius 3 is 1.45 bits per heavy atom. The van der Waals surface area contributed by atoms with E-state index in [-0.39, 0.29) is 11.8 Å². The number of aromatic nitrogens is 2. The molecule has 0 saturated heterocycles. The van der Waals surface area contributed by atoms with Gasteiger partial charge in [-0.25, -0.2) is 30.0 Å². The van der Waals surface area contributed by atoms with E-state index >= 15 is 0 Å². The molecule has 0 saturated carbocycles. The van der Waals surface area contributed by atoms with E-state index in [1.165, 1.54) is 36.5 Å². The number of carbonyl (C=O) groups excluding carboxylic acids is 2. The van der Waals surface area contributed by atoms with Crippen molar-refractivity contribution >= 4 is 76.8 Å². The molecule has 3 rings (SSSR count). The Bertz CT molecular complexity index is 1090. The first-order valence-corrected chi connectivity index (χ1v) is 12.8. The quantitative estimate of drug-likeness (QED) is 0.381. The van der Waals surface area contributed by atoms with Gasteiger partial charge in [-0.3, -0.25) is 9.59 Å². The summed E-state index contributed by atoms with van der Waals surface area (Å²) in [6, 6.07) is 0. The first kappa shape index (κ1) is 25.6. The van der Waals surface area contributed by atoms with Gasteiger partial charge in [-0.2, -0.15) is 0 Å². The molecule has 0 N–H and O–H groups in total. The van der Waals surface area contributed by atoms with E-state index in [9.17, 15) is 9.59 Å². The number of rotatable bonds is 9. The molecule has 0 unspecified atom stereocenters. The Balaban J connectivity index is 2.26. The molecule has 3 aromatic rings. The van der Waals surface area contributed by atoms with Crippen molar-refractivity contribution in [2.45, 2.75) is 41.5 Å². The number of hydrogen-bond donors (Lipinski definition) is 0. The highest BCUT2D eigenvalue weighted by molar-refractivity contribution is 7.25. The third-order valence-corrected chi connectivity index (χ3v) is 7.67. The molecule has 180 valence electrons. The molecule has 2 heterocycles. The molecule has 0 bridgehead atoms. The first-order chi connectivity index (χ1) is 15.7. The van der Waals surface area contributed by atoms with Crippen LogP contribution in [-0.4, -0.2) is 65.1 Å². The van der Waals surface area contributed by atoms with E-state index in [1.54, 1.807) is 17.1 Å². The minimum absolute atomic E-state index is 0.133. The number of hydrazine groups is 2. The molecule has 0 atom stereocenters. The number of halogens is 1. The van der Waals surface area contributed by atoms with Crippen LogP contribution >= 0.6 is 34.3 Å². The Kier molecular flexibility index (Phi) is 8.12. The average Bonchev–Trinajstić information content (AvgIpc) is 3.40. The normalized spacial score (nSPS) is 11.7. The van der Waals surface area contributed by atoms with Gasteiger partial charge in [0.1, 0.15) is 20.4 Å². The molecule has 0 radical (unpaired) electrons. The Labute approximate surface area is 206 Å². The number of fused-ring (bicyclic) bond motifs is 2. The Hall–Kier alpha value is -2.05. The number of ether oxygens (including phenoxy) is 1. The highest BCUT2D eigenvalue weighted by Crippen LogP contribution is 2.48. The third kappa shape index (κ3) is 4.52. The van der Waals surface area contributed by atoms with Crippen LogP contribution in [0.25, 0.3) is 20.4 Å². The third-order valence-electron chi connectivity index (χ3n) is 5.25. The van der Waals surface area contributed by atoms with Gasteiger partial charge in [0, 0.05) is 40.0 Å². The maximum Gasteiger partial charge on any atom is 0.240 e. The van der Waals surface area contributed by atoms with E-state index < -0.39 is 0 Å². The number of nitrogens with zero attached hydrogens (tertiary/aromatic N) is 6. The van der Waals surface area contributed by atoms with E-state index in [1.807, 2.05) is 37.7 Å². The standard InChI is InChI=1S/C21H29ClN6O3S2/c1-8-25(9-2)27(12(5)29)20-23-15-14(22)16-19(17(31-7)18(15)32-20)33-21(24-16)28(13(6)30)26(10-3)11-4/h8-11H2,1-7H3. The molecule has 9 nitrogen and oxygen atoms in total. The van der Waals surface area contributed by atoms with Crippen LogP contribution in [0.3, 0.4) is 0 Å². The molecule has 2 aromatic heterocycles. The summed E-state index contributed by atoms with van der Waals surface area (Å²) in [4.78, 5) is 34.3. The lowest BCUT2D eigenvalue weighted by Gasteiger charge is -2.30. The Morgan fingerprint density at radius 1 is 0.818 bits per heavy atom. The summed E-state index contributed by atoms with van der Waals surface area (Å²) < 4.78 is 7.24. The van der Waals surface area contributed by atoms with Gasteiger partial charge in [-0.15, -0.1) is 0 Å². The van der Waals surface area contributed by atoms with Gasteiger partial charge in [0.15, 0.2) is 5.75 Å². The number of anilines is 2. The summed E-state index contributed by atoms with van der Waals surface area (Å²) in [6.07, 6.45) is 0. The van der Waals surface area contributed by atoms with Crippen molar-refractivity contribution in [2.75, 3.05) is 43.3 Å². The second-order valence-corrected chi connectivity index (χ2v) is 9.47. The molecule has 1 aromatic carbocycles. The van der Waals surface area contributed by atoms with Gasteiger partial charge in [-0.1, -0.05) is 62.0 Å². The van der Waals surface area contributed by atoms with Gasteiger partial charge in [0.05, 0.1) is 12.1 Å². The van der Waals surface area contributed by atoms with Crippen molar-refractivity contribution in [1.29, 1.82) is 0 Å². The number of carbonyl (C=O) groups is 2. The summed E-state index contributed by atoms with van der Waals surface area (Å²) in [5.74, 6) is 0.320. The summed E-state index contributed by atoms with van der Waals surface area (Å²) in [5, 5.41) is 8.38. The van der Waals surface area contributed by atoms with Gasteiger partial charge in [-0.05, 0) is 0 Å². The van der Waals surface area contributed by atoms with Crippen LogP contribution in [0.5, 0.6) is 5.75 Å². The lowest BCUT2D eigenvalue weighted by Crippen LogP contribution is -2.45. The van der Waals surface area contributed by atoms with Gasteiger partial charge in [0.25, 0.3) is 0 Å². The topological polar surface area (TPSA) is 82.1 Å². The van der Waals surface area contributed by atoms with E-state index in [0.717, 1.165) is 9.40 Å². The Morgan fingerprint density at radius 2 is 1.18 bits per heavy atom. The maximum atomic E-state index is 12.4. The second-order valence-electron chi connectivity index (χ2n) is 7.14. The minimum Gasteiger partial charge on any atom is -0.494 e. The molecular weight excluding hydrogens is 484 g/mol. The second kappa shape index (κ2) is 10.5. The molecule has 12 heteroatoms. The molecule has 2 amide bonds. The first-order valence-electron chi connectivity index (χ1n) is 10.8. The van der Waals surface area contributed by atoms with Crippen molar-refractivity contribution in [3.8, 4) is 5.75 Å². The summed E-state index contributed by atoms with van der Waals surface area (Å²) >= 11 is 9.48. The number of amides is 2. The number of thiazole rings is 2. The van der Waals surface area contributed by atoms with Crippen LogP contribution in [0.15, 0.2) is 0 Å². The van der Waals surface area contributed by atoms with Gasteiger partial charge >= 0.3 is 0 Å². The van der Waals surface area contributed by atoms with E-state index in [4.69, 9.17) is 26.3 Å². The fraction of sp³-hybridized carbons (Fsp3) is 0.524. The highest BCUT2D eigenvalue weighted by Gasteiger charge is 2.29. The molecule has 0 fully saturated rings. The van der Waals surface area contributed by atoms with E-state index in [0.29, 0.717) is 58.2 Å². The molecular formula is C21H29ClN6O3S2. The lowest BCUT2D eigenvalue weighted by atomic mass is 10.3. The van der Waals surface area contributed by atoms with Crippen molar-refractivity contribution < 1.29 is 14.3 Å². The monoisotopic (exact) mass is 512 g/mol. The predicted octanol–water partition coefficient (Wildman–Crippen LogP) is 4.79. The SMILES string of the molecule is CCN(CC)N(C(C)=O)c1nc2c(Cl)c3nc(N(C(C)=O)N(CC)CC)sc3c(OC)c2s1. The predicted molar refractivity (Wildman–Crippen MR) is 137 cm³/mol. The molecule has 0 aliphatic carbocycles. The maximum absolute atomic E-state index is 12.4. The van der Waals surface area contributed by atoms with Crippen molar-refractivity contribution in [3.05, 3.63) is 5.02 Å². The minimum atomic E-state index is -0.133. The molecule has 0 aliphatic heterocycles. The summed E-state index contributed by atoms with van der Waals surface area (Å²) in [6.45, 7) is 13.6. The van der Waals surface area contributed by atoms with Crippen molar-refractivity contribution in [1.82, 2.24) is 20.0 Å². The molecule has 0 aliphatic rings.